The average Bonchev–Trinajstić information content (AvgIpc) is 2.67. The molecule has 14 heavy (non-hydrogen) atoms. The van der Waals surface area contributed by atoms with Crippen LogP contribution in [0.25, 0.3) is 5.69 Å². The van der Waals surface area contributed by atoms with Crippen molar-refractivity contribution in [3.05, 3.63) is 41.2 Å². The quantitative estimate of drug-likeness (QED) is 0.811. The molecule has 0 unspecified atom stereocenters. The number of rotatable bonds is 2. The Bertz CT molecular complexity index is 438. The predicted octanol–water partition coefficient (Wildman–Crippen LogP) is 1.38. The van der Waals surface area contributed by atoms with Gasteiger partial charge in [0.1, 0.15) is 5.69 Å². The molecule has 0 aliphatic heterocycles. The highest BCUT2D eigenvalue weighted by Crippen LogP contribution is 2.17. The van der Waals surface area contributed by atoms with Gasteiger partial charge in [0.2, 0.25) is 0 Å². The SMILES string of the molecule is NCc1cnn(-c2ccccc2Cl)n1. The van der Waals surface area contributed by atoms with Crippen LogP contribution in [0.3, 0.4) is 0 Å². The third kappa shape index (κ3) is 1.62. The Kier molecular flexibility index (Phi) is 2.47. The van der Waals surface area contributed by atoms with Crippen LogP contribution in [-0.2, 0) is 6.54 Å². The predicted molar refractivity (Wildman–Crippen MR) is 54.3 cm³/mol. The van der Waals surface area contributed by atoms with Crippen molar-refractivity contribution in [3.63, 3.8) is 0 Å². The van der Waals surface area contributed by atoms with Crippen molar-refractivity contribution in [2.45, 2.75) is 6.54 Å². The van der Waals surface area contributed by atoms with E-state index in [1.807, 2.05) is 18.2 Å². The third-order valence-corrected chi connectivity index (χ3v) is 2.14. The van der Waals surface area contributed by atoms with E-state index in [0.29, 0.717) is 11.6 Å². The number of nitrogens with two attached hydrogens (primary N) is 1. The Labute approximate surface area is 86.3 Å². The number of hydrogen-bond donors (Lipinski definition) is 1. The molecule has 1 aromatic heterocycles. The normalized spacial score (nSPS) is 10.4. The van der Waals surface area contributed by atoms with Gasteiger partial charge in [0.25, 0.3) is 0 Å². The lowest BCUT2D eigenvalue weighted by molar-refractivity contribution is 0.738. The number of benzene rings is 1. The van der Waals surface area contributed by atoms with E-state index in [-0.39, 0.29) is 0 Å². The fraction of sp³-hybridized carbons (Fsp3) is 0.111. The van der Waals surface area contributed by atoms with Gasteiger partial charge in [-0.2, -0.15) is 10.2 Å². The van der Waals surface area contributed by atoms with Crippen LogP contribution < -0.4 is 5.73 Å². The molecule has 0 atom stereocenters. The number of hydrogen-bond acceptors (Lipinski definition) is 3. The Morgan fingerprint density at radius 2 is 2.14 bits per heavy atom. The number of para-hydroxylation sites is 1. The van der Waals surface area contributed by atoms with Crippen molar-refractivity contribution in [2.75, 3.05) is 0 Å². The summed E-state index contributed by atoms with van der Waals surface area (Å²) in [5.74, 6) is 0. The molecular formula is C9H9ClN4. The molecule has 0 spiro atoms. The molecule has 0 saturated carbocycles. The summed E-state index contributed by atoms with van der Waals surface area (Å²) >= 11 is 5.98. The molecule has 5 heteroatoms. The van der Waals surface area contributed by atoms with Gasteiger partial charge in [-0.05, 0) is 12.1 Å². The summed E-state index contributed by atoms with van der Waals surface area (Å²) in [6, 6.07) is 7.39. The Balaban J connectivity index is 2.44. The molecule has 0 bridgehead atoms. The lowest BCUT2D eigenvalue weighted by atomic mass is 10.3. The van der Waals surface area contributed by atoms with Crippen molar-refractivity contribution in [2.24, 2.45) is 5.73 Å². The highest BCUT2D eigenvalue weighted by atomic mass is 35.5. The summed E-state index contributed by atoms with van der Waals surface area (Å²) in [5.41, 5.74) is 6.93. The zero-order chi connectivity index (χ0) is 9.97. The second-order valence-corrected chi connectivity index (χ2v) is 3.19. The van der Waals surface area contributed by atoms with Crippen LogP contribution in [-0.4, -0.2) is 15.0 Å². The summed E-state index contributed by atoms with van der Waals surface area (Å²) in [6.45, 7) is 0.379. The molecule has 72 valence electrons. The maximum absolute atomic E-state index is 5.98. The highest BCUT2D eigenvalue weighted by molar-refractivity contribution is 6.32. The van der Waals surface area contributed by atoms with Crippen molar-refractivity contribution in [1.29, 1.82) is 0 Å². The minimum Gasteiger partial charge on any atom is -0.325 e. The summed E-state index contributed by atoms with van der Waals surface area (Å²) in [7, 11) is 0. The molecule has 0 aliphatic carbocycles. The van der Waals surface area contributed by atoms with Crippen molar-refractivity contribution < 1.29 is 0 Å². The van der Waals surface area contributed by atoms with E-state index >= 15 is 0 Å². The van der Waals surface area contributed by atoms with E-state index in [1.165, 1.54) is 4.80 Å². The highest BCUT2D eigenvalue weighted by Gasteiger charge is 2.04. The van der Waals surface area contributed by atoms with E-state index in [1.54, 1.807) is 12.3 Å². The van der Waals surface area contributed by atoms with Crippen molar-refractivity contribution >= 4 is 11.6 Å². The number of aromatic nitrogens is 3. The van der Waals surface area contributed by atoms with Crippen LogP contribution in [0, 0.1) is 0 Å². The fourth-order valence-corrected chi connectivity index (χ4v) is 1.33. The monoisotopic (exact) mass is 208 g/mol. The van der Waals surface area contributed by atoms with E-state index in [9.17, 15) is 0 Å². The number of nitrogens with zero attached hydrogens (tertiary/aromatic N) is 3. The minimum absolute atomic E-state index is 0.379. The zero-order valence-electron chi connectivity index (χ0n) is 7.39. The van der Waals surface area contributed by atoms with Crippen molar-refractivity contribution in [1.82, 2.24) is 15.0 Å². The molecule has 1 heterocycles. The largest absolute Gasteiger partial charge is 0.325 e. The van der Waals surface area contributed by atoms with Crippen LogP contribution in [0.15, 0.2) is 30.5 Å². The minimum atomic E-state index is 0.379. The smallest absolute Gasteiger partial charge is 0.104 e. The molecule has 0 radical (unpaired) electrons. The van der Waals surface area contributed by atoms with Gasteiger partial charge >= 0.3 is 0 Å². The molecule has 2 N–H and O–H groups in total. The van der Waals surface area contributed by atoms with Gasteiger partial charge < -0.3 is 5.73 Å². The van der Waals surface area contributed by atoms with Gasteiger partial charge in [-0.3, -0.25) is 0 Å². The summed E-state index contributed by atoms with van der Waals surface area (Å²) in [6.07, 6.45) is 1.63. The third-order valence-electron chi connectivity index (χ3n) is 1.82. The van der Waals surface area contributed by atoms with Crippen LogP contribution in [0.4, 0.5) is 0 Å². The maximum atomic E-state index is 5.98. The van der Waals surface area contributed by atoms with Gasteiger partial charge in [-0.1, -0.05) is 23.7 Å². The molecule has 4 nitrogen and oxygen atoms in total. The second kappa shape index (κ2) is 3.77. The second-order valence-electron chi connectivity index (χ2n) is 2.78. The molecular weight excluding hydrogens is 200 g/mol. The first-order chi connectivity index (χ1) is 6.81. The topological polar surface area (TPSA) is 56.7 Å². The fourth-order valence-electron chi connectivity index (χ4n) is 1.12. The zero-order valence-corrected chi connectivity index (χ0v) is 8.15. The number of halogens is 1. The van der Waals surface area contributed by atoms with Crippen LogP contribution in [0.2, 0.25) is 5.02 Å². The van der Waals surface area contributed by atoms with Crippen LogP contribution in [0.5, 0.6) is 0 Å². The molecule has 0 saturated heterocycles. The van der Waals surface area contributed by atoms with E-state index in [0.717, 1.165) is 11.4 Å². The maximum Gasteiger partial charge on any atom is 0.104 e. The standard InChI is InChI=1S/C9H9ClN4/c10-8-3-1-2-4-9(8)14-12-6-7(5-11)13-14/h1-4,6H,5,11H2. The average molecular weight is 209 g/mol. The lowest BCUT2D eigenvalue weighted by Crippen LogP contribution is -2.02. The molecule has 0 aliphatic rings. The van der Waals surface area contributed by atoms with Gasteiger partial charge in [0.05, 0.1) is 16.9 Å². The van der Waals surface area contributed by atoms with Gasteiger partial charge in [0, 0.05) is 6.54 Å². The summed E-state index contributed by atoms with van der Waals surface area (Å²) in [4.78, 5) is 1.48. The first kappa shape index (κ1) is 9.18. The van der Waals surface area contributed by atoms with Gasteiger partial charge in [0.15, 0.2) is 0 Å². The van der Waals surface area contributed by atoms with E-state index in [4.69, 9.17) is 17.3 Å². The summed E-state index contributed by atoms with van der Waals surface area (Å²) < 4.78 is 0. The molecule has 0 fully saturated rings. The van der Waals surface area contributed by atoms with Crippen LogP contribution >= 0.6 is 11.6 Å². The molecule has 0 amide bonds. The van der Waals surface area contributed by atoms with Gasteiger partial charge in [-0.15, -0.1) is 4.80 Å². The van der Waals surface area contributed by atoms with Gasteiger partial charge in [-0.25, -0.2) is 0 Å². The van der Waals surface area contributed by atoms with E-state index < -0.39 is 0 Å². The van der Waals surface area contributed by atoms with E-state index in [2.05, 4.69) is 10.2 Å². The molecule has 2 rings (SSSR count). The first-order valence-corrected chi connectivity index (χ1v) is 4.55. The molecule has 2 aromatic rings. The lowest BCUT2D eigenvalue weighted by Gasteiger charge is -2.00. The Hall–Kier alpha value is -1.39. The first-order valence-electron chi connectivity index (χ1n) is 4.17. The van der Waals surface area contributed by atoms with Crippen molar-refractivity contribution in [3.8, 4) is 5.69 Å². The Morgan fingerprint density at radius 1 is 1.36 bits per heavy atom. The molecule has 1 aromatic carbocycles. The van der Waals surface area contributed by atoms with Crippen LogP contribution in [0.1, 0.15) is 5.69 Å². The Morgan fingerprint density at radius 3 is 2.79 bits per heavy atom. The summed E-state index contributed by atoms with van der Waals surface area (Å²) in [5, 5.41) is 8.83.